The fourth-order valence-electron chi connectivity index (χ4n) is 3.50. The van der Waals surface area contributed by atoms with Gasteiger partial charge in [0.1, 0.15) is 0 Å². The van der Waals surface area contributed by atoms with Gasteiger partial charge in [0.2, 0.25) is 5.91 Å². The number of amides is 1. The molecule has 1 aliphatic rings. The van der Waals surface area contributed by atoms with Gasteiger partial charge >= 0.3 is 0 Å². The lowest BCUT2D eigenvalue weighted by atomic mass is 10.1. The van der Waals surface area contributed by atoms with Crippen LogP contribution in [0.25, 0.3) is 11.3 Å². The molecule has 0 aliphatic heterocycles. The molecule has 0 radical (unpaired) electrons. The predicted molar refractivity (Wildman–Crippen MR) is 106 cm³/mol. The van der Waals surface area contributed by atoms with Crippen molar-refractivity contribution in [2.24, 2.45) is 0 Å². The van der Waals surface area contributed by atoms with Crippen LogP contribution in [0.2, 0.25) is 5.02 Å². The van der Waals surface area contributed by atoms with Gasteiger partial charge in [-0.05, 0) is 43.0 Å². The van der Waals surface area contributed by atoms with Gasteiger partial charge in [0.05, 0.1) is 12.2 Å². The van der Waals surface area contributed by atoms with E-state index in [1.165, 1.54) is 16.7 Å². The van der Waals surface area contributed by atoms with Crippen LogP contribution in [-0.4, -0.2) is 10.9 Å². The minimum Gasteiger partial charge on any atom is -0.441 e. The molecule has 27 heavy (non-hydrogen) atoms. The maximum Gasteiger partial charge on any atom is 0.220 e. The molecule has 1 unspecified atom stereocenters. The molecule has 1 heterocycles. The number of benzene rings is 2. The van der Waals surface area contributed by atoms with E-state index in [0.29, 0.717) is 18.7 Å². The molecule has 0 bridgehead atoms. The molecule has 1 aromatic heterocycles. The van der Waals surface area contributed by atoms with Gasteiger partial charge in [-0.1, -0.05) is 47.5 Å². The number of rotatable bonds is 5. The Morgan fingerprint density at radius 1 is 1.26 bits per heavy atom. The third-order valence-corrected chi connectivity index (χ3v) is 5.21. The average molecular weight is 381 g/mol. The molecule has 0 saturated heterocycles. The Morgan fingerprint density at radius 3 is 2.89 bits per heavy atom. The van der Waals surface area contributed by atoms with E-state index in [1.807, 2.05) is 49.4 Å². The van der Waals surface area contributed by atoms with E-state index in [1.54, 1.807) is 6.20 Å². The first kappa shape index (κ1) is 17.8. The van der Waals surface area contributed by atoms with Crippen molar-refractivity contribution in [1.29, 1.82) is 0 Å². The molecule has 1 N–H and O–H groups in total. The second kappa shape index (κ2) is 7.57. The first-order valence-corrected chi connectivity index (χ1v) is 9.56. The van der Waals surface area contributed by atoms with Gasteiger partial charge in [-0.2, -0.15) is 0 Å². The SMILES string of the molecule is Cc1ccc(-c2cnc(CCC(=O)NC3CCc4cc(Cl)ccc43)o2)cc1. The van der Waals surface area contributed by atoms with Crippen LogP contribution in [0.1, 0.15) is 41.5 Å². The summed E-state index contributed by atoms with van der Waals surface area (Å²) in [5, 5.41) is 3.86. The topological polar surface area (TPSA) is 55.1 Å². The van der Waals surface area contributed by atoms with Crippen molar-refractivity contribution >= 4 is 17.5 Å². The Morgan fingerprint density at radius 2 is 2.07 bits per heavy atom. The molecule has 138 valence electrons. The summed E-state index contributed by atoms with van der Waals surface area (Å²) in [7, 11) is 0. The number of oxazole rings is 1. The van der Waals surface area contributed by atoms with E-state index in [0.717, 1.165) is 29.2 Å². The van der Waals surface area contributed by atoms with E-state index in [9.17, 15) is 4.79 Å². The molecule has 3 aromatic rings. The monoisotopic (exact) mass is 380 g/mol. The van der Waals surface area contributed by atoms with Crippen molar-refractivity contribution < 1.29 is 9.21 Å². The van der Waals surface area contributed by atoms with E-state index < -0.39 is 0 Å². The smallest absolute Gasteiger partial charge is 0.220 e. The molecule has 4 nitrogen and oxygen atoms in total. The maximum absolute atomic E-state index is 12.4. The summed E-state index contributed by atoms with van der Waals surface area (Å²) >= 11 is 6.04. The van der Waals surface area contributed by atoms with Gasteiger partial charge in [0.15, 0.2) is 11.7 Å². The van der Waals surface area contributed by atoms with Crippen LogP contribution < -0.4 is 5.32 Å². The standard InChI is InChI=1S/C22H21ClN2O2/c1-14-2-4-15(5-3-14)20-13-24-22(27-20)11-10-21(26)25-19-9-6-16-12-17(23)7-8-18(16)19/h2-5,7-8,12-13,19H,6,9-11H2,1H3,(H,25,26). The van der Waals surface area contributed by atoms with Crippen LogP contribution >= 0.6 is 11.6 Å². The summed E-state index contributed by atoms with van der Waals surface area (Å²) in [5.74, 6) is 1.32. The average Bonchev–Trinajstić information content (AvgIpc) is 3.28. The van der Waals surface area contributed by atoms with Crippen LogP contribution in [-0.2, 0) is 17.6 Å². The van der Waals surface area contributed by atoms with Crippen molar-refractivity contribution in [1.82, 2.24) is 10.3 Å². The highest BCUT2D eigenvalue weighted by Gasteiger charge is 2.24. The van der Waals surface area contributed by atoms with Gasteiger partial charge in [-0.15, -0.1) is 0 Å². The minimum atomic E-state index is 0.0119. The Balaban J connectivity index is 1.33. The minimum absolute atomic E-state index is 0.0119. The fraction of sp³-hybridized carbons (Fsp3) is 0.273. The van der Waals surface area contributed by atoms with E-state index in [2.05, 4.69) is 10.3 Å². The summed E-state index contributed by atoms with van der Waals surface area (Å²) in [4.78, 5) is 16.7. The quantitative estimate of drug-likeness (QED) is 0.674. The van der Waals surface area contributed by atoms with Crippen LogP contribution in [0.3, 0.4) is 0 Å². The lowest BCUT2D eigenvalue weighted by Crippen LogP contribution is -2.27. The first-order valence-electron chi connectivity index (χ1n) is 9.18. The van der Waals surface area contributed by atoms with Crippen molar-refractivity contribution in [3.8, 4) is 11.3 Å². The molecule has 5 heteroatoms. The van der Waals surface area contributed by atoms with Crippen molar-refractivity contribution in [3.05, 3.63) is 76.3 Å². The number of carbonyl (C=O) groups excluding carboxylic acids is 1. The first-order chi connectivity index (χ1) is 13.1. The summed E-state index contributed by atoms with van der Waals surface area (Å²) in [6, 6.07) is 14.0. The number of aromatic nitrogens is 1. The lowest BCUT2D eigenvalue weighted by molar-refractivity contribution is -0.121. The van der Waals surface area contributed by atoms with Crippen LogP contribution in [0.5, 0.6) is 0 Å². The molecule has 1 atom stereocenters. The molecular weight excluding hydrogens is 360 g/mol. The largest absolute Gasteiger partial charge is 0.441 e. The number of halogens is 1. The Bertz CT molecular complexity index is 963. The zero-order valence-electron chi connectivity index (χ0n) is 15.2. The van der Waals surface area contributed by atoms with Gasteiger partial charge < -0.3 is 9.73 Å². The zero-order chi connectivity index (χ0) is 18.8. The lowest BCUT2D eigenvalue weighted by Gasteiger charge is -2.14. The van der Waals surface area contributed by atoms with Crippen LogP contribution in [0, 0.1) is 6.92 Å². The number of hydrogen-bond donors (Lipinski definition) is 1. The van der Waals surface area contributed by atoms with Crippen LogP contribution in [0.15, 0.2) is 53.1 Å². The van der Waals surface area contributed by atoms with Gasteiger partial charge in [-0.25, -0.2) is 4.98 Å². The zero-order valence-corrected chi connectivity index (χ0v) is 15.9. The number of hydrogen-bond acceptors (Lipinski definition) is 3. The number of fused-ring (bicyclic) bond motifs is 1. The van der Waals surface area contributed by atoms with E-state index >= 15 is 0 Å². The number of nitrogens with one attached hydrogen (secondary N) is 1. The normalized spacial score (nSPS) is 15.6. The summed E-state index contributed by atoms with van der Waals surface area (Å²) in [6.45, 7) is 2.05. The predicted octanol–water partition coefficient (Wildman–Crippen LogP) is 5.04. The number of nitrogens with zero attached hydrogens (tertiary/aromatic N) is 1. The highest BCUT2D eigenvalue weighted by atomic mass is 35.5. The Hall–Kier alpha value is -2.59. The summed E-state index contributed by atoms with van der Waals surface area (Å²) < 4.78 is 5.79. The van der Waals surface area contributed by atoms with Gasteiger partial charge in [0, 0.05) is 23.4 Å². The molecule has 1 amide bonds. The molecule has 4 rings (SSSR count). The molecular formula is C22H21ClN2O2. The summed E-state index contributed by atoms with van der Waals surface area (Å²) in [5.41, 5.74) is 4.59. The Kier molecular flexibility index (Phi) is 4.99. The summed E-state index contributed by atoms with van der Waals surface area (Å²) in [6.07, 6.45) is 4.42. The number of aryl methyl sites for hydroxylation is 3. The molecule has 0 spiro atoms. The molecule has 0 fully saturated rings. The molecule has 2 aromatic carbocycles. The van der Waals surface area contributed by atoms with Gasteiger partial charge in [-0.3, -0.25) is 4.79 Å². The second-order valence-electron chi connectivity index (χ2n) is 6.99. The second-order valence-corrected chi connectivity index (χ2v) is 7.42. The van der Waals surface area contributed by atoms with Crippen LogP contribution in [0.4, 0.5) is 0 Å². The highest BCUT2D eigenvalue weighted by molar-refractivity contribution is 6.30. The highest BCUT2D eigenvalue weighted by Crippen LogP contribution is 2.32. The third kappa shape index (κ3) is 4.06. The van der Waals surface area contributed by atoms with Crippen molar-refractivity contribution in [2.45, 2.75) is 38.6 Å². The molecule has 0 saturated carbocycles. The van der Waals surface area contributed by atoms with Crippen molar-refractivity contribution in [2.75, 3.05) is 0 Å². The fourth-order valence-corrected chi connectivity index (χ4v) is 3.69. The number of carbonyl (C=O) groups is 1. The maximum atomic E-state index is 12.4. The van der Waals surface area contributed by atoms with E-state index in [4.69, 9.17) is 16.0 Å². The van der Waals surface area contributed by atoms with Gasteiger partial charge in [0.25, 0.3) is 0 Å². The van der Waals surface area contributed by atoms with E-state index in [-0.39, 0.29) is 11.9 Å². The van der Waals surface area contributed by atoms with Crippen molar-refractivity contribution in [3.63, 3.8) is 0 Å². The molecule has 1 aliphatic carbocycles. The Labute approximate surface area is 163 Å². The third-order valence-electron chi connectivity index (χ3n) is 4.97.